The summed E-state index contributed by atoms with van der Waals surface area (Å²) in [6.07, 6.45) is 5.69. The summed E-state index contributed by atoms with van der Waals surface area (Å²) < 4.78 is 0. The van der Waals surface area contributed by atoms with E-state index in [4.69, 9.17) is 5.11 Å². The number of amides is 1. The predicted molar refractivity (Wildman–Crippen MR) is 61.0 cm³/mol. The van der Waals surface area contributed by atoms with E-state index in [0.717, 1.165) is 25.8 Å². The van der Waals surface area contributed by atoms with Crippen molar-refractivity contribution in [2.75, 3.05) is 6.54 Å². The molecule has 1 amide bonds. The lowest BCUT2D eigenvalue weighted by Gasteiger charge is -2.35. The summed E-state index contributed by atoms with van der Waals surface area (Å²) in [4.78, 5) is 24.1. The SMILES string of the molecule is C=CCC(=O)N1CCCCC1CCC(=O)O. The third kappa shape index (κ3) is 3.68. The second kappa shape index (κ2) is 6.30. The van der Waals surface area contributed by atoms with Gasteiger partial charge in [-0.15, -0.1) is 6.58 Å². The third-order valence-corrected chi connectivity index (χ3v) is 2.96. The highest BCUT2D eigenvalue weighted by atomic mass is 16.4. The lowest BCUT2D eigenvalue weighted by atomic mass is 9.97. The largest absolute Gasteiger partial charge is 0.481 e. The van der Waals surface area contributed by atoms with E-state index in [0.29, 0.717) is 12.8 Å². The smallest absolute Gasteiger partial charge is 0.303 e. The second-order valence-corrected chi connectivity index (χ2v) is 4.16. The van der Waals surface area contributed by atoms with Crippen molar-refractivity contribution in [3.8, 4) is 0 Å². The van der Waals surface area contributed by atoms with Gasteiger partial charge >= 0.3 is 5.97 Å². The zero-order valence-corrected chi connectivity index (χ0v) is 9.52. The fraction of sp³-hybridized carbons (Fsp3) is 0.667. The Balaban J connectivity index is 2.52. The quantitative estimate of drug-likeness (QED) is 0.726. The van der Waals surface area contributed by atoms with Crippen LogP contribution >= 0.6 is 0 Å². The molecular formula is C12H19NO3. The molecule has 0 bridgehead atoms. The van der Waals surface area contributed by atoms with Gasteiger partial charge in [0.15, 0.2) is 0 Å². The number of hydrogen-bond acceptors (Lipinski definition) is 2. The van der Waals surface area contributed by atoms with Gasteiger partial charge in [0.05, 0.1) is 0 Å². The molecule has 0 radical (unpaired) electrons. The monoisotopic (exact) mass is 225 g/mol. The van der Waals surface area contributed by atoms with Gasteiger partial charge in [0.25, 0.3) is 0 Å². The van der Waals surface area contributed by atoms with E-state index in [9.17, 15) is 9.59 Å². The van der Waals surface area contributed by atoms with Crippen molar-refractivity contribution in [1.82, 2.24) is 4.90 Å². The van der Waals surface area contributed by atoms with E-state index in [2.05, 4.69) is 6.58 Å². The van der Waals surface area contributed by atoms with Crippen LogP contribution in [0.1, 0.15) is 38.5 Å². The van der Waals surface area contributed by atoms with Crippen LogP contribution in [0.15, 0.2) is 12.7 Å². The van der Waals surface area contributed by atoms with Gasteiger partial charge < -0.3 is 10.0 Å². The number of likely N-dealkylation sites (tertiary alicyclic amines) is 1. The number of carbonyl (C=O) groups excluding carboxylic acids is 1. The highest BCUT2D eigenvalue weighted by Gasteiger charge is 2.25. The fourth-order valence-corrected chi connectivity index (χ4v) is 2.16. The maximum Gasteiger partial charge on any atom is 0.303 e. The van der Waals surface area contributed by atoms with Gasteiger partial charge in [-0.3, -0.25) is 9.59 Å². The molecule has 0 aliphatic carbocycles. The molecule has 1 heterocycles. The van der Waals surface area contributed by atoms with Crippen LogP contribution in [0.2, 0.25) is 0 Å². The minimum absolute atomic E-state index is 0.0742. The summed E-state index contributed by atoms with van der Waals surface area (Å²) in [5, 5.41) is 8.65. The summed E-state index contributed by atoms with van der Waals surface area (Å²) in [5.74, 6) is -0.716. The zero-order valence-electron chi connectivity index (χ0n) is 9.52. The van der Waals surface area contributed by atoms with Crippen molar-refractivity contribution in [2.24, 2.45) is 0 Å². The zero-order chi connectivity index (χ0) is 12.0. The number of piperidine rings is 1. The Morgan fingerprint density at radius 2 is 2.19 bits per heavy atom. The Bertz CT molecular complexity index is 275. The number of nitrogens with zero attached hydrogens (tertiary/aromatic N) is 1. The number of hydrogen-bond donors (Lipinski definition) is 1. The molecule has 16 heavy (non-hydrogen) atoms. The second-order valence-electron chi connectivity index (χ2n) is 4.16. The standard InChI is InChI=1S/C12H19NO3/c1-2-5-11(14)13-9-4-3-6-10(13)7-8-12(15)16/h2,10H,1,3-9H2,(H,15,16). The molecule has 1 saturated heterocycles. The summed E-state index contributed by atoms with van der Waals surface area (Å²) in [6, 6.07) is 0.109. The van der Waals surface area contributed by atoms with Crippen molar-refractivity contribution >= 4 is 11.9 Å². The highest BCUT2D eigenvalue weighted by molar-refractivity contribution is 5.78. The van der Waals surface area contributed by atoms with Crippen molar-refractivity contribution in [2.45, 2.75) is 44.6 Å². The van der Waals surface area contributed by atoms with Crippen molar-refractivity contribution in [1.29, 1.82) is 0 Å². The molecule has 1 rings (SSSR count). The summed E-state index contributed by atoms with van der Waals surface area (Å²) in [7, 11) is 0. The van der Waals surface area contributed by atoms with Gasteiger partial charge in [-0.05, 0) is 25.7 Å². The van der Waals surface area contributed by atoms with Gasteiger partial charge in [0.1, 0.15) is 0 Å². The third-order valence-electron chi connectivity index (χ3n) is 2.96. The van der Waals surface area contributed by atoms with Gasteiger partial charge in [-0.1, -0.05) is 6.08 Å². The molecule has 1 aliphatic rings. The van der Waals surface area contributed by atoms with E-state index in [1.54, 1.807) is 6.08 Å². The molecule has 1 unspecified atom stereocenters. The summed E-state index contributed by atoms with van der Waals surface area (Å²) in [5.41, 5.74) is 0. The summed E-state index contributed by atoms with van der Waals surface area (Å²) in [6.45, 7) is 4.31. The fourth-order valence-electron chi connectivity index (χ4n) is 2.16. The molecule has 0 aromatic rings. The van der Waals surface area contributed by atoms with Crippen LogP contribution in [0.3, 0.4) is 0 Å². The molecule has 1 aliphatic heterocycles. The van der Waals surface area contributed by atoms with E-state index >= 15 is 0 Å². The maximum absolute atomic E-state index is 11.8. The van der Waals surface area contributed by atoms with E-state index in [-0.39, 0.29) is 18.4 Å². The predicted octanol–water partition coefficient (Wildman–Crippen LogP) is 1.81. The number of carboxylic acids is 1. The van der Waals surface area contributed by atoms with E-state index in [1.165, 1.54) is 0 Å². The first-order valence-electron chi connectivity index (χ1n) is 5.77. The lowest BCUT2D eigenvalue weighted by Crippen LogP contribution is -2.43. The van der Waals surface area contributed by atoms with Crippen molar-refractivity contribution in [3.63, 3.8) is 0 Å². The topological polar surface area (TPSA) is 57.6 Å². The van der Waals surface area contributed by atoms with Crippen LogP contribution in [-0.2, 0) is 9.59 Å². The number of aliphatic carboxylic acids is 1. The molecule has 90 valence electrons. The van der Waals surface area contributed by atoms with Crippen LogP contribution in [0, 0.1) is 0 Å². The minimum atomic E-state index is -0.790. The first-order valence-corrected chi connectivity index (χ1v) is 5.77. The van der Waals surface area contributed by atoms with Crippen LogP contribution in [0.5, 0.6) is 0 Å². The molecule has 1 atom stereocenters. The first-order chi connectivity index (χ1) is 7.65. The lowest BCUT2D eigenvalue weighted by molar-refractivity contribution is -0.139. The van der Waals surface area contributed by atoms with Crippen molar-refractivity contribution < 1.29 is 14.7 Å². The molecular weight excluding hydrogens is 206 g/mol. The Labute approximate surface area is 95.9 Å². The van der Waals surface area contributed by atoms with Crippen LogP contribution in [0.25, 0.3) is 0 Å². The molecule has 0 aromatic heterocycles. The molecule has 0 saturated carbocycles. The normalized spacial score (nSPS) is 20.5. The minimum Gasteiger partial charge on any atom is -0.481 e. The Morgan fingerprint density at radius 3 is 2.81 bits per heavy atom. The van der Waals surface area contributed by atoms with E-state index in [1.807, 2.05) is 4.90 Å². The first kappa shape index (κ1) is 12.7. The Kier molecular flexibility index (Phi) is 5.02. The van der Waals surface area contributed by atoms with Crippen LogP contribution < -0.4 is 0 Å². The molecule has 4 nitrogen and oxygen atoms in total. The number of carbonyl (C=O) groups is 2. The van der Waals surface area contributed by atoms with Gasteiger partial charge in [-0.25, -0.2) is 0 Å². The Hall–Kier alpha value is -1.32. The number of rotatable bonds is 5. The highest BCUT2D eigenvalue weighted by Crippen LogP contribution is 2.21. The molecule has 4 heteroatoms. The summed E-state index contributed by atoms with van der Waals surface area (Å²) >= 11 is 0. The number of carboxylic acid groups (broad SMARTS) is 1. The molecule has 0 spiro atoms. The molecule has 1 N–H and O–H groups in total. The van der Waals surface area contributed by atoms with Crippen LogP contribution in [-0.4, -0.2) is 34.5 Å². The van der Waals surface area contributed by atoms with Crippen LogP contribution in [0.4, 0.5) is 0 Å². The Morgan fingerprint density at radius 1 is 1.44 bits per heavy atom. The molecule has 0 aromatic carbocycles. The van der Waals surface area contributed by atoms with Crippen molar-refractivity contribution in [3.05, 3.63) is 12.7 Å². The van der Waals surface area contributed by atoms with Gasteiger partial charge in [0.2, 0.25) is 5.91 Å². The van der Waals surface area contributed by atoms with E-state index < -0.39 is 5.97 Å². The molecule has 1 fully saturated rings. The average Bonchev–Trinajstić information content (AvgIpc) is 2.27. The van der Waals surface area contributed by atoms with Gasteiger partial charge in [0, 0.05) is 25.4 Å². The van der Waals surface area contributed by atoms with Gasteiger partial charge in [-0.2, -0.15) is 0 Å². The average molecular weight is 225 g/mol. The maximum atomic E-state index is 11.8.